The maximum absolute atomic E-state index is 12.8. The van der Waals surface area contributed by atoms with Crippen molar-refractivity contribution in [1.82, 2.24) is 4.98 Å². The molecule has 0 fully saturated rings. The number of ether oxygens (including phenoxy) is 1. The van der Waals surface area contributed by atoms with Crippen molar-refractivity contribution >= 4 is 5.97 Å². The van der Waals surface area contributed by atoms with Crippen LogP contribution in [0.1, 0.15) is 33.6 Å². The Morgan fingerprint density at radius 2 is 2.05 bits per heavy atom. The molecule has 19 heavy (non-hydrogen) atoms. The van der Waals surface area contributed by atoms with E-state index in [1.165, 1.54) is 0 Å². The third kappa shape index (κ3) is 2.78. The highest BCUT2D eigenvalue weighted by Crippen LogP contribution is 2.39. The van der Waals surface area contributed by atoms with Crippen LogP contribution in [0.15, 0.2) is 6.20 Å². The van der Waals surface area contributed by atoms with E-state index in [9.17, 15) is 26.7 Å². The van der Waals surface area contributed by atoms with Crippen LogP contribution in [0.4, 0.5) is 22.0 Å². The number of carbonyl (C=O) groups is 1. The highest BCUT2D eigenvalue weighted by Gasteiger charge is 2.42. The molecule has 1 heterocycles. The molecule has 0 aliphatic carbocycles. The van der Waals surface area contributed by atoms with Crippen molar-refractivity contribution < 1.29 is 31.5 Å². The Balaban J connectivity index is 3.76. The number of carbonyl (C=O) groups excluding carboxylic acids is 1. The average Bonchev–Trinajstić information content (AvgIpc) is 2.34. The number of pyridine rings is 1. The van der Waals surface area contributed by atoms with E-state index >= 15 is 0 Å². The van der Waals surface area contributed by atoms with Gasteiger partial charge in [0.2, 0.25) is 0 Å². The van der Waals surface area contributed by atoms with Crippen LogP contribution in [0.25, 0.3) is 0 Å². The third-order valence-corrected chi connectivity index (χ3v) is 2.13. The number of hydrogen-bond acceptors (Lipinski definition) is 4. The van der Waals surface area contributed by atoms with E-state index in [1.807, 2.05) is 0 Å². The Labute approximate surface area is 103 Å². The summed E-state index contributed by atoms with van der Waals surface area (Å²) in [6, 6.07) is 1.13. The van der Waals surface area contributed by atoms with Crippen molar-refractivity contribution in [3.8, 4) is 6.07 Å². The van der Waals surface area contributed by atoms with Gasteiger partial charge in [-0.05, 0) is 0 Å². The molecule has 0 saturated heterocycles. The van der Waals surface area contributed by atoms with Gasteiger partial charge in [-0.3, -0.25) is 0 Å². The average molecular weight is 280 g/mol. The normalized spacial score (nSPS) is 11.3. The summed E-state index contributed by atoms with van der Waals surface area (Å²) in [6.45, 7) is 0. The zero-order valence-corrected chi connectivity index (χ0v) is 9.26. The molecular weight excluding hydrogens is 275 g/mol. The van der Waals surface area contributed by atoms with E-state index in [1.54, 1.807) is 0 Å². The minimum absolute atomic E-state index is 0.388. The number of aromatic nitrogens is 1. The zero-order valence-electron chi connectivity index (χ0n) is 9.26. The van der Waals surface area contributed by atoms with Crippen LogP contribution in [0.3, 0.4) is 0 Å². The Hall–Kier alpha value is -2.24. The first-order valence-corrected chi connectivity index (χ1v) is 4.60. The fourth-order valence-corrected chi connectivity index (χ4v) is 1.40. The van der Waals surface area contributed by atoms with Crippen LogP contribution in [0.5, 0.6) is 0 Å². The van der Waals surface area contributed by atoms with E-state index in [-0.39, 0.29) is 0 Å². The fourth-order valence-electron chi connectivity index (χ4n) is 1.40. The highest BCUT2D eigenvalue weighted by molar-refractivity contribution is 5.91. The number of alkyl halides is 5. The van der Waals surface area contributed by atoms with Gasteiger partial charge in [0.1, 0.15) is 11.8 Å². The number of hydrogen-bond donors (Lipinski definition) is 0. The maximum atomic E-state index is 12.8. The number of nitrogens with zero attached hydrogens (tertiary/aromatic N) is 2. The van der Waals surface area contributed by atoms with Gasteiger partial charge in [0.15, 0.2) is 0 Å². The van der Waals surface area contributed by atoms with Gasteiger partial charge in [0, 0.05) is 6.20 Å². The van der Waals surface area contributed by atoms with E-state index < -0.39 is 41.0 Å². The summed E-state index contributed by atoms with van der Waals surface area (Å²) in [6.07, 6.45) is -8.47. The molecule has 0 N–H and O–H groups in total. The Morgan fingerprint density at radius 1 is 1.47 bits per heavy atom. The molecule has 4 nitrogen and oxygen atoms in total. The number of halogens is 5. The van der Waals surface area contributed by atoms with Crippen molar-refractivity contribution in [2.45, 2.75) is 12.6 Å². The summed E-state index contributed by atoms with van der Waals surface area (Å²) in [5.74, 6) is -1.47. The van der Waals surface area contributed by atoms with Crippen molar-refractivity contribution in [3.63, 3.8) is 0 Å². The van der Waals surface area contributed by atoms with E-state index in [0.717, 1.165) is 13.2 Å². The van der Waals surface area contributed by atoms with Gasteiger partial charge in [-0.15, -0.1) is 0 Å². The van der Waals surface area contributed by atoms with Crippen molar-refractivity contribution in [1.29, 1.82) is 5.26 Å². The lowest BCUT2D eigenvalue weighted by Crippen LogP contribution is -2.19. The van der Waals surface area contributed by atoms with Gasteiger partial charge < -0.3 is 4.74 Å². The maximum Gasteiger partial charge on any atom is 0.417 e. The molecule has 1 aromatic heterocycles. The molecule has 0 amide bonds. The number of nitriles is 1. The molecule has 0 aliphatic rings. The Morgan fingerprint density at radius 3 is 2.42 bits per heavy atom. The van der Waals surface area contributed by atoms with Gasteiger partial charge in [0.05, 0.1) is 23.8 Å². The van der Waals surface area contributed by atoms with Crippen LogP contribution in [-0.4, -0.2) is 18.1 Å². The molecule has 0 spiro atoms. The van der Waals surface area contributed by atoms with Crippen LogP contribution < -0.4 is 0 Å². The number of rotatable bonds is 2. The second kappa shape index (κ2) is 5.17. The molecule has 0 unspecified atom stereocenters. The van der Waals surface area contributed by atoms with Crippen molar-refractivity contribution in [2.75, 3.05) is 7.11 Å². The largest absolute Gasteiger partial charge is 0.465 e. The van der Waals surface area contributed by atoms with Gasteiger partial charge in [-0.25, -0.2) is 18.6 Å². The van der Waals surface area contributed by atoms with E-state index in [2.05, 4.69) is 9.72 Å². The van der Waals surface area contributed by atoms with Crippen LogP contribution in [0.2, 0.25) is 0 Å². The quantitative estimate of drug-likeness (QED) is 0.617. The summed E-state index contributed by atoms with van der Waals surface area (Å²) >= 11 is 0. The lowest BCUT2D eigenvalue weighted by molar-refractivity contribution is -0.140. The smallest absolute Gasteiger partial charge is 0.417 e. The Kier molecular flexibility index (Phi) is 4.04. The second-order valence-electron chi connectivity index (χ2n) is 3.21. The molecule has 0 radical (unpaired) electrons. The fraction of sp³-hybridized carbons (Fsp3) is 0.300. The van der Waals surface area contributed by atoms with Crippen molar-refractivity contribution in [3.05, 3.63) is 28.6 Å². The van der Waals surface area contributed by atoms with Gasteiger partial charge in [-0.1, -0.05) is 0 Å². The standard InChI is InChI=1S/C10H5F5N2O2/c1-19-9(18)4-3-17-5(2-16)6(8(11)12)7(4)10(13,14)15/h3,8H,1H3. The molecule has 0 atom stereocenters. The zero-order chi connectivity index (χ0) is 14.8. The van der Waals surface area contributed by atoms with Crippen LogP contribution in [-0.2, 0) is 10.9 Å². The topological polar surface area (TPSA) is 63.0 Å². The highest BCUT2D eigenvalue weighted by atomic mass is 19.4. The molecule has 0 bridgehead atoms. The first kappa shape index (κ1) is 14.8. The lowest BCUT2D eigenvalue weighted by atomic mass is 10.0. The number of methoxy groups -OCH3 is 1. The summed E-state index contributed by atoms with van der Waals surface area (Å²) in [5, 5.41) is 8.51. The predicted octanol–water partition coefficient (Wildman–Crippen LogP) is 2.70. The van der Waals surface area contributed by atoms with Gasteiger partial charge >= 0.3 is 12.1 Å². The summed E-state index contributed by atoms with van der Waals surface area (Å²) in [4.78, 5) is 14.3. The molecule has 0 aromatic carbocycles. The minimum atomic E-state index is -5.25. The summed E-state index contributed by atoms with van der Waals surface area (Å²) in [7, 11) is 0.794. The monoisotopic (exact) mass is 280 g/mol. The first-order valence-electron chi connectivity index (χ1n) is 4.60. The van der Waals surface area contributed by atoms with Crippen molar-refractivity contribution in [2.24, 2.45) is 0 Å². The number of esters is 1. The summed E-state index contributed by atoms with van der Waals surface area (Å²) < 4.78 is 67.9. The molecule has 0 aliphatic heterocycles. The molecule has 0 saturated carbocycles. The SMILES string of the molecule is COC(=O)c1cnc(C#N)c(C(F)F)c1C(F)(F)F. The lowest BCUT2D eigenvalue weighted by Gasteiger charge is -2.16. The second-order valence-corrected chi connectivity index (χ2v) is 3.21. The van der Waals surface area contributed by atoms with Gasteiger partial charge in [-0.2, -0.15) is 18.4 Å². The first-order chi connectivity index (χ1) is 8.73. The molecule has 1 rings (SSSR count). The van der Waals surface area contributed by atoms with E-state index in [0.29, 0.717) is 6.20 Å². The molecular formula is C10H5F5N2O2. The Bertz CT molecular complexity index is 548. The molecule has 1 aromatic rings. The predicted molar refractivity (Wildman–Crippen MR) is 50.3 cm³/mol. The third-order valence-electron chi connectivity index (χ3n) is 2.13. The molecule has 102 valence electrons. The van der Waals surface area contributed by atoms with Crippen LogP contribution in [0, 0.1) is 11.3 Å². The summed E-state index contributed by atoms with van der Waals surface area (Å²) in [5.41, 5.74) is -5.78. The van der Waals surface area contributed by atoms with Crippen LogP contribution >= 0.6 is 0 Å². The van der Waals surface area contributed by atoms with Gasteiger partial charge in [0.25, 0.3) is 6.43 Å². The minimum Gasteiger partial charge on any atom is -0.465 e. The molecule has 9 heteroatoms. The van der Waals surface area contributed by atoms with E-state index in [4.69, 9.17) is 5.26 Å².